The summed E-state index contributed by atoms with van der Waals surface area (Å²) in [7, 11) is -8.01. The molecule has 126 valence electrons. The predicted octanol–water partition coefficient (Wildman–Crippen LogP) is -0.210. The standard InChI is InChI=1S/C10H16N2O8S2/c13-21(14,15)7-1-5-19-9-3-4-10(12-11-9)20-6-2-8-22(16,17)18/h3-4H,1-2,5-8H2,(H,13,14,15)(H,16,17,18). The van der Waals surface area contributed by atoms with Gasteiger partial charge < -0.3 is 9.47 Å². The highest BCUT2D eigenvalue weighted by molar-refractivity contribution is 7.86. The van der Waals surface area contributed by atoms with Crippen LogP contribution in [0.25, 0.3) is 0 Å². The second kappa shape index (κ2) is 8.22. The molecule has 0 fully saturated rings. The Labute approximate surface area is 128 Å². The zero-order chi connectivity index (χ0) is 16.6. The van der Waals surface area contributed by atoms with Gasteiger partial charge in [-0.1, -0.05) is 0 Å². The first-order valence-corrected chi connectivity index (χ1v) is 9.37. The van der Waals surface area contributed by atoms with Crippen molar-refractivity contribution in [2.75, 3.05) is 24.7 Å². The lowest BCUT2D eigenvalue weighted by atomic mass is 10.5. The van der Waals surface area contributed by atoms with E-state index in [4.69, 9.17) is 18.6 Å². The van der Waals surface area contributed by atoms with Gasteiger partial charge in [0, 0.05) is 12.1 Å². The van der Waals surface area contributed by atoms with Crippen LogP contribution in [0, 0.1) is 0 Å². The summed E-state index contributed by atoms with van der Waals surface area (Å²) in [6, 6.07) is 2.89. The highest BCUT2D eigenvalue weighted by atomic mass is 32.2. The van der Waals surface area contributed by atoms with Crippen LogP contribution in [0.15, 0.2) is 12.1 Å². The third kappa shape index (κ3) is 9.44. The minimum absolute atomic E-state index is 0.0447. The maximum absolute atomic E-state index is 10.5. The normalized spacial score (nSPS) is 12.1. The molecule has 0 amide bonds. The second-order valence-corrected chi connectivity index (χ2v) is 7.33. The first kappa shape index (κ1) is 18.5. The lowest BCUT2D eigenvalue weighted by Crippen LogP contribution is -2.10. The molecule has 2 N–H and O–H groups in total. The fourth-order valence-corrected chi connectivity index (χ4v) is 2.26. The maximum atomic E-state index is 10.5. The molecular formula is C10H16N2O8S2. The van der Waals surface area contributed by atoms with E-state index in [0.29, 0.717) is 0 Å². The Morgan fingerprint density at radius 2 is 1.18 bits per heavy atom. The molecule has 22 heavy (non-hydrogen) atoms. The van der Waals surface area contributed by atoms with Crippen molar-refractivity contribution in [1.82, 2.24) is 10.2 Å². The van der Waals surface area contributed by atoms with Gasteiger partial charge in [-0.25, -0.2) is 0 Å². The molecular weight excluding hydrogens is 340 g/mol. The minimum atomic E-state index is -4.01. The van der Waals surface area contributed by atoms with Gasteiger partial charge in [-0.05, 0) is 12.8 Å². The molecule has 1 aromatic heterocycles. The van der Waals surface area contributed by atoms with Crippen LogP contribution in [-0.4, -0.2) is 60.9 Å². The van der Waals surface area contributed by atoms with E-state index in [-0.39, 0.29) is 37.8 Å². The number of aromatic nitrogens is 2. The van der Waals surface area contributed by atoms with Crippen LogP contribution >= 0.6 is 0 Å². The van der Waals surface area contributed by atoms with Crippen LogP contribution in [0.3, 0.4) is 0 Å². The van der Waals surface area contributed by atoms with E-state index in [0.717, 1.165) is 0 Å². The highest BCUT2D eigenvalue weighted by Gasteiger charge is 2.06. The molecule has 0 radical (unpaired) electrons. The zero-order valence-corrected chi connectivity index (χ0v) is 13.1. The monoisotopic (exact) mass is 356 g/mol. The number of ether oxygens (including phenoxy) is 2. The van der Waals surface area contributed by atoms with E-state index in [1.54, 1.807) is 0 Å². The van der Waals surface area contributed by atoms with Gasteiger partial charge in [-0.3, -0.25) is 9.11 Å². The van der Waals surface area contributed by atoms with Gasteiger partial charge >= 0.3 is 0 Å². The topological polar surface area (TPSA) is 153 Å². The van der Waals surface area contributed by atoms with E-state index in [9.17, 15) is 16.8 Å². The molecule has 12 heteroatoms. The summed E-state index contributed by atoms with van der Waals surface area (Å²) in [5, 5.41) is 7.33. The average Bonchev–Trinajstić information content (AvgIpc) is 2.39. The predicted molar refractivity (Wildman–Crippen MR) is 75.1 cm³/mol. The summed E-state index contributed by atoms with van der Waals surface area (Å²) in [6.45, 7) is 0.0894. The van der Waals surface area contributed by atoms with Crippen LogP contribution in [-0.2, 0) is 20.2 Å². The Hall–Kier alpha value is -1.50. The van der Waals surface area contributed by atoms with E-state index >= 15 is 0 Å². The van der Waals surface area contributed by atoms with Crippen LogP contribution < -0.4 is 9.47 Å². The molecule has 0 spiro atoms. The van der Waals surface area contributed by atoms with Crippen molar-refractivity contribution < 1.29 is 35.4 Å². The molecule has 0 aliphatic heterocycles. The van der Waals surface area contributed by atoms with Gasteiger partial charge in [0.25, 0.3) is 20.2 Å². The molecule has 1 rings (SSSR count). The first-order chi connectivity index (χ1) is 10.2. The average molecular weight is 356 g/mol. The van der Waals surface area contributed by atoms with Crippen molar-refractivity contribution in [2.24, 2.45) is 0 Å². The molecule has 0 saturated heterocycles. The van der Waals surface area contributed by atoms with Gasteiger partial charge in [-0.2, -0.15) is 16.8 Å². The van der Waals surface area contributed by atoms with Gasteiger partial charge in [0.15, 0.2) is 0 Å². The Morgan fingerprint density at radius 3 is 1.45 bits per heavy atom. The van der Waals surface area contributed by atoms with Crippen LogP contribution in [0.4, 0.5) is 0 Å². The SMILES string of the molecule is O=S(=O)(O)CCCOc1ccc(OCCCS(=O)(=O)O)nn1. The molecule has 0 aliphatic rings. The van der Waals surface area contributed by atoms with Gasteiger partial charge in [0.05, 0.1) is 24.7 Å². The molecule has 0 atom stereocenters. The van der Waals surface area contributed by atoms with Crippen LogP contribution in [0.1, 0.15) is 12.8 Å². The third-order valence-electron chi connectivity index (χ3n) is 2.21. The lowest BCUT2D eigenvalue weighted by Gasteiger charge is -2.06. The van der Waals surface area contributed by atoms with Crippen molar-refractivity contribution in [3.8, 4) is 11.8 Å². The molecule has 0 bridgehead atoms. The molecule has 0 aromatic carbocycles. The van der Waals surface area contributed by atoms with Crippen molar-refractivity contribution in [2.45, 2.75) is 12.8 Å². The maximum Gasteiger partial charge on any atom is 0.264 e. The molecule has 1 heterocycles. The van der Waals surface area contributed by atoms with Gasteiger partial charge in [-0.15, -0.1) is 10.2 Å². The minimum Gasteiger partial charge on any atom is -0.477 e. The van der Waals surface area contributed by atoms with E-state index in [1.165, 1.54) is 12.1 Å². The Balaban J connectivity index is 2.28. The fourth-order valence-electron chi connectivity index (χ4n) is 1.30. The van der Waals surface area contributed by atoms with Crippen molar-refractivity contribution in [3.05, 3.63) is 12.1 Å². The quantitative estimate of drug-likeness (QED) is 0.425. The lowest BCUT2D eigenvalue weighted by molar-refractivity contribution is 0.283. The first-order valence-electron chi connectivity index (χ1n) is 6.15. The van der Waals surface area contributed by atoms with E-state index in [1.807, 2.05) is 0 Å². The number of rotatable bonds is 10. The molecule has 10 nitrogen and oxygen atoms in total. The largest absolute Gasteiger partial charge is 0.477 e. The summed E-state index contributed by atoms with van der Waals surface area (Å²) >= 11 is 0. The summed E-state index contributed by atoms with van der Waals surface area (Å²) in [5.41, 5.74) is 0. The Kier molecular flexibility index (Phi) is 6.93. The summed E-state index contributed by atoms with van der Waals surface area (Å²) in [5.74, 6) is -0.508. The zero-order valence-electron chi connectivity index (χ0n) is 11.5. The molecule has 0 unspecified atom stereocenters. The summed E-state index contributed by atoms with van der Waals surface area (Å²) < 4.78 is 69.2. The van der Waals surface area contributed by atoms with Gasteiger partial charge in [0.2, 0.25) is 11.8 Å². The molecule has 1 aromatic rings. The van der Waals surface area contributed by atoms with Crippen molar-refractivity contribution in [3.63, 3.8) is 0 Å². The van der Waals surface area contributed by atoms with Crippen LogP contribution in [0.5, 0.6) is 11.8 Å². The number of hydrogen-bond donors (Lipinski definition) is 2. The number of nitrogens with zero attached hydrogens (tertiary/aromatic N) is 2. The fraction of sp³-hybridized carbons (Fsp3) is 0.600. The summed E-state index contributed by atoms with van der Waals surface area (Å²) in [4.78, 5) is 0. The summed E-state index contributed by atoms with van der Waals surface area (Å²) in [6.07, 6.45) is 0.211. The smallest absolute Gasteiger partial charge is 0.264 e. The Morgan fingerprint density at radius 1 is 0.818 bits per heavy atom. The van der Waals surface area contributed by atoms with Crippen LogP contribution in [0.2, 0.25) is 0 Å². The van der Waals surface area contributed by atoms with Gasteiger partial charge in [0.1, 0.15) is 0 Å². The molecule has 0 saturated carbocycles. The van der Waals surface area contributed by atoms with Crippen molar-refractivity contribution in [1.29, 1.82) is 0 Å². The molecule has 0 aliphatic carbocycles. The van der Waals surface area contributed by atoms with E-state index in [2.05, 4.69) is 10.2 Å². The van der Waals surface area contributed by atoms with E-state index < -0.39 is 31.7 Å². The third-order valence-corrected chi connectivity index (χ3v) is 3.82. The second-order valence-electron chi connectivity index (χ2n) is 4.19. The number of hydrogen-bond acceptors (Lipinski definition) is 8. The van der Waals surface area contributed by atoms with Crippen molar-refractivity contribution >= 4 is 20.2 Å². The Bertz CT molecular complexity index is 598. The highest BCUT2D eigenvalue weighted by Crippen LogP contribution is 2.10.